The Balaban J connectivity index is 1.61. The second-order valence-electron chi connectivity index (χ2n) is 6.03. The third-order valence-electron chi connectivity index (χ3n) is 4.24. The Bertz CT molecular complexity index is 706. The number of nitrogens with zero attached hydrogens (tertiary/aromatic N) is 5. The van der Waals surface area contributed by atoms with Crippen molar-refractivity contribution in [1.29, 1.82) is 5.26 Å². The van der Waals surface area contributed by atoms with Gasteiger partial charge in [-0.25, -0.2) is 9.97 Å². The number of likely N-dealkylation sites (N-methyl/N-ethyl adjacent to an activating group) is 1. The number of pyridine rings is 2. The summed E-state index contributed by atoms with van der Waals surface area (Å²) in [7, 11) is 2.17. The SMILES string of the molecule is CN1CCCN(c2ccc(CNc3ncccc3C#N)cn2)CC1. The van der Waals surface area contributed by atoms with E-state index in [0.29, 0.717) is 17.9 Å². The minimum Gasteiger partial charge on any atom is -0.365 e. The molecule has 1 fully saturated rings. The minimum atomic E-state index is 0.552. The molecule has 1 aliphatic rings. The van der Waals surface area contributed by atoms with Crippen LogP contribution in [0.1, 0.15) is 17.5 Å². The summed E-state index contributed by atoms with van der Waals surface area (Å²) in [4.78, 5) is 13.5. The Morgan fingerprint density at radius 1 is 1.17 bits per heavy atom. The van der Waals surface area contributed by atoms with Crippen molar-refractivity contribution in [1.82, 2.24) is 14.9 Å². The van der Waals surface area contributed by atoms with Gasteiger partial charge in [0.15, 0.2) is 0 Å². The zero-order valence-corrected chi connectivity index (χ0v) is 13.9. The molecule has 0 radical (unpaired) electrons. The van der Waals surface area contributed by atoms with Gasteiger partial charge < -0.3 is 15.1 Å². The molecule has 0 unspecified atom stereocenters. The van der Waals surface area contributed by atoms with Gasteiger partial charge in [0.1, 0.15) is 17.7 Å². The lowest BCUT2D eigenvalue weighted by Gasteiger charge is -2.21. The Labute approximate surface area is 142 Å². The molecule has 6 heteroatoms. The molecule has 1 N–H and O–H groups in total. The molecule has 1 aliphatic heterocycles. The summed E-state index contributed by atoms with van der Waals surface area (Å²) >= 11 is 0. The largest absolute Gasteiger partial charge is 0.365 e. The molecular formula is C18H22N6. The van der Waals surface area contributed by atoms with Gasteiger partial charge in [0.05, 0.1) is 5.56 Å². The van der Waals surface area contributed by atoms with E-state index >= 15 is 0 Å². The van der Waals surface area contributed by atoms with Crippen LogP contribution in [0.3, 0.4) is 0 Å². The van der Waals surface area contributed by atoms with Crippen LogP contribution in [0.15, 0.2) is 36.7 Å². The van der Waals surface area contributed by atoms with E-state index < -0.39 is 0 Å². The predicted octanol–water partition coefficient (Wildman–Crippen LogP) is 2.10. The zero-order valence-electron chi connectivity index (χ0n) is 13.9. The summed E-state index contributed by atoms with van der Waals surface area (Å²) in [6, 6.07) is 9.82. The van der Waals surface area contributed by atoms with Crippen molar-refractivity contribution in [3.63, 3.8) is 0 Å². The highest BCUT2D eigenvalue weighted by Gasteiger charge is 2.13. The van der Waals surface area contributed by atoms with E-state index in [-0.39, 0.29) is 0 Å². The minimum absolute atomic E-state index is 0.552. The normalized spacial score (nSPS) is 15.6. The molecule has 1 saturated heterocycles. The summed E-state index contributed by atoms with van der Waals surface area (Å²) in [6.45, 7) is 4.88. The average molecular weight is 322 g/mol. The van der Waals surface area contributed by atoms with Crippen molar-refractivity contribution in [3.8, 4) is 6.07 Å². The van der Waals surface area contributed by atoms with E-state index in [9.17, 15) is 0 Å². The van der Waals surface area contributed by atoms with Crippen LogP contribution in [0.5, 0.6) is 0 Å². The van der Waals surface area contributed by atoms with E-state index in [1.54, 1.807) is 18.3 Å². The van der Waals surface area contributed by atoms with E-state index in [4.69, 9.17) is 5.26 Å². The van der Waals surface area contributed by atoms with E-state index in [0.717, 1.165) is 44.0 Å². The van der Waals surface area contributed by atoms with Crippen LogP contribution in [0.25, 0.3) is 0 Å². The molecule has 0 atom stereocenters. The maximum Gasteiger partial charge on any atom is 0.144 e. The average Bonchev–Trinajstić information content (AvgIpc) is 2.85. The first kappa shape index (κ1) is 16.2. The van der Waals surface area contributed by atoms with Crippen molar-refractivity contribution in [2.24, 2.45) is 0 Å². The van der Waals surface area contributed by atoms with Crippen LogP contribution in [-0.2, 0) is 6.54 Å². The fourth-order valence-corrected chi connectivity index (χ4v) is 2.81. The third kappa shape index (κ3) is 4.00. The number of hydrogen-bond donors (Lipinski definition) is 1. The maximum atomic E-state index is 9.09. The van der Waals surface area contributed by atoms with Gasteiger partial charge in [0.2, 0.25) is 0 Å². The van der Waals surface area contributed by atoms with Crippen LogP contribution in [-0.4, -0.2) is 48.1 Å². The van der Waals surface area contributed by atoms with Crippen molar-refractivity contribution < 1.29 is 0 Å². The maximum absolute atomic E-state index is 9.09. The second kappa shape index (κ2) is 7.75. The second-order valence-corrected chi connectivity index (χ2v) is 6.03. The Morgan fingerprint density at radius 2 is 2.08 bits per heavy atom. The fraction of sp³-hybridized carbons (Fsp3) is 0.389. The Hall–Kier alpha value is -2.65. The monoisotopic (exact) mass is 322 g/mol. The molecule has 6 nitrogen and oxygen atoms in total. The smallest absolute Gasteiger partial charge is 0.144 e. The lowest BCUT2D eigenvalue weighted by atomic mass is 10.2. The van der Waals surface area contributed by atoms with Gasteiger partial charge in [-0.2, -0.15) is 5.26 Å². The fourth-order valence-electron chi connectivity index (χ4n) is 2.81. The van der Waals surface area contributed by atoms with Crippen LogP contribution in [0, 0.1) is 11.3 Å². The van der Waals surface area contributed by atoms with Gasteiger partial charge in [-0.05, 0) is 43.8 Å². The van der Waals surface area contributed by atoms with Crippen LogP contribution >= 0.6 is 0 Å². The molecule has 2 aromatic heterocycles. The van der Waals surface area contributed by atoms with Gasteiger partial charge in [-0.15, -0.1) is 0 Å². The quantitative estimate of drug-likeness (QED) is 0.930. The van der Waals surface area contributed by atoms with Gasteiger partial charge in [-0.3, -0.25) is 0 Å². The highest BCUT2D eigenvalue weighted by Crippen LogP contribution is 2.15. The summed E-state index contributed by atoms with van der Waals surface area (Å²) < 4.78 is 0. The highest BCUT2D eigenvalue weighted by molar-refractivity contribution is 5.51. The van der Waals surface area contributed by atoms with Crippen molar-refractivity contribution in [2.45, 2.75) is 13.0 Å². The summed E-state index contributed by atoms with van der Waals surface area (Å²) in [6.07, 6.45) is 4.74. The molecule has 0 bridgehead atoms. The number of aromatic nitrogens is 2. The number of anilines is 2. The standard InChI is InChI=1S/C18H22N6/c1-23-8-3-9-24(11-10-23)17-6-5-15(13-21-17)14-22-18-16(12-19)4-2-7-20-18/h2,4-7,13H,3,8-11,14H2,1H3,(H,20,22). The van der Waals surface area contributed by atoms with Crippen molar-refractivity contribution in [3.05, 3.63) is 47.8 Å². The third-order valence-corrected chi connectivity index (χ3v) is 4.24. The molecule has 3 rings (SSSR count). The lowest BCUT2D eigenvalue weighted by molar-refractivity contribution is 0.360. The number of nitrogens with one attached hydrogen (secondary N) is 1. The van der Waals surface area contributed by atoms with E-state index in [1.807, 2.05) is 6.20 Å². The molecule has 0 amide bonds. The molecular weight excluding hydrogens is 300 g/mol. The van der Waals surface area contributed by atoms with Crippen LogP contribution in [0.2, 0.25) is 0 Å². The topological polar surface area (TPSA) is 68.1 Å². The van der Waals surface area contributed by atoms with Crippen molar-refractivity contribution in [2.75, 3.05) is 43.4 Å². The molecule has 0 aliphatic carbocycles. The first-order valence-corrected chi connectivity index (χ1v) is 8.23. The molecule has 3 heterocycles. The molecule has 0 saturated carbocycles. The molecule has 124 valence electrons. The zero-order chi connectivity index (χ0) is 16.8. The molecule has 0 aromatic carbocycles. The summed E-state index contributed by atoms with van der Waals surface area (Å²) in [5.74, 6) is 1.64. The summed E-state index contributed by atoms with van der Waals surface area (Å²) in [5.41, 5.74) is 1.62. The summed E-state index contributed by atoms with van der Waals surface area (Å²) in [5, 5.41) is 12.3. The predicted molar refractivity (Wildman–Crippen MR) is 94.8 cm³/mol. The van der Waals surface area contributed by atoms with E-state index in [2.05, 4.69) is 50.3 Å². The van der Waals surface area contributed by atoms with Gasteiger partial charge in [0, 0.05) is 38.6 Å². The number of rotatable bonds is 4. The first-order chi connectivity index (χ1) is 11.8. The first-order valence-electron chi connectivity index (χ1n) is 8.23. The molecule has 2 aromatic rings. The highest BCUT2D eigenvalue weighted by atomic mass is 15.2. The van der Waals surface area contributed by atoms with E-state index in [1.165, 1.54) is 0 Å². The van der Waals surface area contributed by atoms with Crippen LogP contribution < -0.4 is 10.2 Å². The van der Waals surface area contributed by atoms with Crippen molar-refractivity contribution >= 4 is 11.6 Å². The Morgan fingerprint density at radius 3 is 2.88 bits per heavy atom. The van der Waals surface area contributed by atoms with Gasteiger partial charge in [0.25, 0.3) is 0 Å². The van der Waals surface area contributed by atoms with Gasteiger partial charge >= 0.3 is 0 Å². The molecule has 24 heavy (non-hydrogen) atoms. The molecule has 0 spiro atoms. The Kier molecular flexibility index (Phi) is 5.24. The number of nitriles is 1. The number of hydrogen-bond acceptors (Lipinski definition) is 6. The lowest BCUT2D eigenvalue weighted by Crippen LogP contribution is -2.29. The van der Waals surface area contributed by atoms with Crippen LogP contribution in [0.4, 0.5) is 11.6 Å². The van der Waals surface area contributed by atoms with Gasteiger partial charge in [-0.1, -0.05) is 6.07 Å².